The predicted molar refractivity (Wildman–Crippen MR) is 127 cm³/mol. The molecule has 12 heteroatoms. The molecule has 3 rings (SSSR count). The number of methoxy groups -OCH3 is 1. The number of carbonyl (C=O) groups is 4. The molecule has 35 heavy (non-hydrogen) atoms. The van der Waals surface area contributed by atoms with Crippen LogP contribution in [0.4, 0.5) is 14.9 Å². The van der Waals surface area contributed by atoms with Gasteiger partial charge in [0, 0.05) is 22.1 Å². The Morgan fingerprint density at radius 1 is 1.14 bits per heavy atom. The molecule has 0 unspecified atom stereocenters. The summed E-state index contributed by atoms with van der Waals surface area (Å²) >= 11 is 7.63. The van der Waals surface area contributed by atoms with Crippen LogP contribution in [0.3, 0.4) is 0 Å². The third-order valence-electron chi connectivity index (χ3n) is 4.86. The minimum Gasteiger partial charge on any atom is -0.480 e. The first-order chi connectivity index (χ1) is 16.6. The summed E-state index contributed by atoms with van der Waals surface area (Å²) in [5, 5.41) is 20.6. The molecule has 1 aliphatic rings. The van der Waals surface area contributed by atoms with Gasteiger partial charge in [-0.3, -0.25) is 4.79 Å². The molecule has 1 heterocycles. The molecule has 0 saturated carbocycles. The first-order valence-corrected chi connectivity index (χ1v) is 11.5. The van der Waals surface area contributed by atoms with E-state index in [1.54, 1.807) is 11.3 Å². The molecular weight excluding hydrogens is 505 g/mol. The minimum absolute atomic E-state index is 0.0468. The van der Waals surface area contributed by atoms with Gasteiger partial charge in [0.2, 0.25) is 0 Å². The number of carboxylic acids is 1. The molecule has 0 aliphatic heterocycles. The Hall–Kier alpha value is -3.44. The smallest absolute Gasteiger partial charge is 0.419 e. The Balaban J connectivity index is 0.000000625. The second kappa shape index (κ2) is 12.9. The van der Waals surface area contributed by atoms with Gasteiger partial charge in [-0.25, -0.2) is 23.7 Å². The summed E-state index contributed by atoms with van der Waals surface area (Å²) in [4.78, 5) is 48.7. The number of hydrogen-bond acceptors (Lipinski definition) is 7. The number of imide groups is 1. The molecule has 0 fully saturated rings. The van der Waals surface area contributed by atoms with Crippen LogP contribution in [0.5, 0.6) is 5.75 Å². The van der Waals surface area contributed by atoms with Gasteiger partial charge in [-0.1, -0.05) is 17.7 Å². The van der Waals surface area contributed by atoms with Crippen LogP contribution < -0.4 is 9.64 Å². The normalized spacial score (nSPS) is 12.8. The molecule has 2 N–H and O–H groups in total. The predicted octanol–water partition coefficient (Wildman–Crippen LogP) is 5.05. The van der Waals surface area contributed by atoms with Crippen molar-refractivity contribution in [3.63, 3.8) is 0 Å². The number of anilines is 1. The molecule has 2 amide bonds. The number of benzene rings is 1. The molecule has 0 saturated heterocycles. The van der Waals surface area contributed by atoms with E-state index in [4.69, 9.17) is 16.3 Å². The number of carboxylic acid groups (broad SMARTS) is 2. The number of aliphatic carboxylic acids is 1. The number of carbonyl (C=O) groups excluding carboxylic acids is 2. The number of thiophene rings is 1. The van der Waals surface area contributed by atoms with Gasteiger partial charge in [-0.15, -0.1) is 11.3 Å². The number of amides is 2. The van der Waals surface area contributed by atoms with E-state index < -0.39 is 42.1 Å². The van der Waals surface area contributed by atoms with Crippen LogP contribution in [0, 0.1) is 12.7 Å². The zero-order valence-corrected chi connectivity index (χ0v) is 20.5. The summed E-state index contributed by atoms with van der Waals surface area (Å²) in [6.45, 7) is 1.52. The molecule has 1 aliphatic carbocycles. The van der Waals surface area contributed by atoms with Crippen molar-refractivity contribution in [3.8, 4) is 5.75 Å². The van der Waals surface area contributed by atoms with E-state index in [9.17, 15) is 33.8 Å². The standard InChI is InChI=1S/C18H17ClFNO8.C5H6S/c1-28-15(22)8-29-14-7-13(12(20)6-11(14)19)21(18(26)27)16(23)9-4-2-3-5-10(9)17(24)25;1-5-3-2-4-6-5/h6-7H,2-5,8H2,1H3,(H,24,25)(H,26,27);2-4H,1H3. The Kier molecular flexibility index (Phi) is 10.2. The van der Waals surface area contributed by atoms with E-state index in [2.05, 4.69) is 29.2 Å². The van der Waals surface area contributed by atoms with Crippen molar-refractivity contribution in [2.45, 2.75) is 32.6 Å². The number of aryl methyl sites for hydroxylation is 1. The molecule has 2 aromatic rings. The maximum absolute atomic E-state index is 14.5. The second-order valence-corrected chi connectivity index (χ2v) is 8.77. The summed E-state index contributed by atoms with van der Waals surface area (Å²) in [5.74, 6) is -4.68. The van der Waals surface area contributed by atoms with Crippen molar-refractivity contribution >= 4 is 52.6 Å². The number of rotatable bonds is 6. The van der Waals surface area contributed by atoms with E-state index >= 15 is 0 Å². The van der Waals surface area contributed by atoms with Crippen molar-refractivity contribution in [1.82, 2.24) is 0 Å². The van der Waals surface area contributed by atoms with Gasteiger partial charge in [-0.2, -0.15) is 0 Å². The van der Waals surface area contributed by atoms with E-state index in [0.717, 1.165) is 19.2 Å². The van der Waals surface area contributed by atoms with E-state index in [-0.39, 0.29) is 39.7 Å². The van der Waals surface area contributed by atoms with Crippen LogP contribution in [-0.4, -0.2) is 47.9 Å². The highest BCUT2D eigenvalue weighted by atomic mass is 35.5. The summed E-state index contributed by atoms with van der Waals surface area (Å²) in [5.41, 5.74) is -1.13. The van der Waals surface area contributed by atoms with E-state index in [1.165, 1.54) is 4.88 Å². The zero-order valence-electron chi connectivity index (χ0n) is 18.9. The summed E-state index contributed by atoms with van der Waals surface area (Å²) in [6, 6.07) is 5.72. The van der Waals surface area contributed by atoms with Gasteiger partial charge >= 0.3 is 18.0 Å². The second-order valence-electron chi connectivity index (χ2n) is 7.22. The van der Waals surface area contributed by atoms with Gasteiger partial charge in [0.15, 0.2) is 6.61 Å². The molecular formula is C23H23ClFNO8S. The SMILES string of the molecule is COC(=O)COc1cc(N(C(=O)O)C(=O)C2=C(C(=O)O)CCCC2)c(F)cc1Cl.Cc1cccs1. The first-order valence-electron chi connectivity index (χ1n) is 10.3. The van der Waals surface area contributed by atoms with Gasteiger partial charge in [0.25, 0.3) is 5.91 Å². The Bertz CT molecular complexity index is 1130. The van der Waals surface area contributed by atoms with Crippen LogP contribution in [-0.2, 0) is 19.1 Å². The summed E-state index contributed by atoms with van der Waals surface area (Å²) < 4.78 is 24.0. The quantitative estimate of drug-likeness (QED) is 0.499. The van der Waals surface area contributed by atoms with Gasteiger partial charge in [0.05, 0.1) is 17.8 Å². The fourth-order valence-electron chi connectivity index (χ4n) is 3.17. The molecule has 9 nitrogen and oxygen atoms in total. The molecule has 0 atom stereocenters. The van der Waals surface area contributed by atoms with Crippen molar-refractivity contribution in [1.29, 1.82) is 0 Å². The lowest BCUT2D eigenvalue weighted by atomic mass is 9.90. The Labute approximate surface area is 209 Å². The molecule has 0 radical (unpaired) electrons. The van der Waals surface area contributed by atoms with Crippen molar-refractivity contribution in [2.75, 3.05) is 18.6 Å². The van der Waals surface area contributed by atoms with Crippen LogP contribution in [0.25, 0.3) is 0 Å². The van der Waals surface area contributed by atoms with E-state index in [1.807, 2.05) is 0 Å². The fourth-order valence-corrected chi connectivity index (χ4v) is 3.90. The van der Waals surface area contributed by atoms with Gasteiger partial charge in [0.1, 0.15) is 11.6 Å². The average molecular weight is 528 g/mol. The Morgan fingerprint density at radius 3 is 2.29 bits per heavy atom. The lowest BCUT2D eigenvalue weighted by Crippen LogP contribution is -2.38. The summed E-state index contributed by atoms with van der Waals surface area (Å²) in [6.07, 6.45) is -0.655. The molecule has 1 aromatic heterocycles. The number of hydrogen-bond donors (Lipinski definition) is 2. The zero-order chi connectivity index (χ0) is 26.1. The number of halogens is 2. The third-order valence-corrected chi connectivity index (χ3v) is 5.95. The van der Waals surface area contributed by atoms with Crippen LogP contribution >= 0.6 is 22.9 Å². The van der Waals surface area contributed by atoms with E-state index in [0.29, 0.717) is 12.8 Å². The minimum atomic E-state index is -1.82. The molecule has 0 spiro atoms. The van der Waals surface area contributed by atoms with Crippen molar-refractivity contribution in [2.24, 2.45) is 0 Å². The number of ether oxygens (including phenoxy) is 2. The van der Waals surface area contributed by atoms with Crippen LogP contribution in [0.15, 0.2) is 40.8 Å². The van der Waals surface area contributed by atoms with Gasteiger partial charge < -0.3 is 19.7 Å². The van der Waals surface area contributed by atoms with Gasteiger partial charge in [-0.05, 0) is 50.1 Å². The first kappa shape index (κ1) is 27.8. The topological polar surface area (TPSA) is 130 Å². The number of nitrogens with zero attached hydrogens (tertiary/aromatic N) is 1. The summed E-state index contributed by atoms with van der Waals surface area (Å²) in [7, 11) is 1.12. The molecule has 188 valence electrons. The lowest BCUT2D eigenvalue weighted by molar-refractivity contribution is -0.143. The average Bonchev–Trinajstić information content (AvgIpc) is 3.30. The highest BCUT2D eigenvalue weighted by Crippen LogP contribution is 2.35. The van der Waals surface area contributed by atoms with Crippen molar-refractivity contribution in [3.05, 3.63) is 56.5 Å². The maximum atomic E-state index is 14.5. The van der Waals surface area contributed by atoms with Crippen LogP contribution in [0.1, 0.15) is 30.6 Å². The fraction of sp³-hybridized carbons (Fsp3) is 0.304. The lowest BCUT2D eigenvalue weighted by Gasteiger charge is -2.23. The molecule has 1 aromatic carbocycles. The third kappa shape index (κ3) is 7.52. The molecule has 0 bridgehead atoms. The monoisotopic (exact) mass is 527 g/mol. The van der Waals surface area contributed by atoms with Crippen molar-refractivity contribution < 1.29 is 43.3 Å². The van der Waals surface area contributed by atoms with Crippen LogP contribution in [0.2, 0.25) is 5.02 Å². The highest BCUT2D eigenvalue weighted by Gasteiger charge is 2.33. The maximum Gasteiger partial charge on any atom is 0.419 e. The Morgan fingerprint density at radius 2 is 1.80 bits per heavy atom. The highest BCUT2D eigenvalue weighted by molar-refractivity contribution is 7.09. The number of esters is 1. The largest absolute Gasteiger partial charge is 0.480 e.